The maximum Gasteiger partial charge on any atom is 0.168 e. The molecule has 94 valence electrons. The van der Waals surface area contributed by atoms with Gasteiger partial charge in [-0.1, -0.05) is 6.07 Å². The molecule has 3 nitrogen and oxygen atoms in total. The molecule has 0 aliphatic heterocycles. The Morgan fingerprint density at radius 2 is 1.72 bits per heavy atom. The summed E-state index contributed by atoms with van der Waals surface area (Å²) < 4.78 is 36.5. The van der Waals surface area contributed by atoms with Gasteiger partial charge in [-0.15, -0.1) is 0 Å². The lowest BCUT2D eigenvalue weighted by molar-refractivity contribution is 0.408. The maximum atomic E-state index is 13.4. The fourth-order valence-corrected chi connectivity index (χ4v) is 1.47. The van der Waals surface area contributed by atoms with E-state index in [4.69, 9.17) is 15.2 Å². The molecule has 0 aromatic heterocycles. The van der Waals surface area contributed by atoms with Crippen LogP contribution in [-0.2, 0) is 0 Å². The van der Waals surface area contributed by atoms with Crippen molar-refractivity contribution in [3.8, 4) is 17.2 Å². The van der Waals surface area contributed by atoms with Crippen molar-refractivity contribution in [2.24, 2.45) is 0 Å². The highest BCUT2D eigenvalue weighted by Gasteiger charge is 2.10. The Labute approximate surface area is 103 Å². The van der Waals surface area contributed by atoms with Crippen LogP contribution in [0.1, 0.15) is 0 Å². The number of nitrogen functional groups attached to an aromatic ring is 1. The van der Waals surface area contributed by atoms with Crippen LogP contribution in [0, 0.1) is 11.6 Å². The molecule has 0 aliphatic carbocycles. The first-order valence-corrected chi connectivity index (χ1v) is 5.17. The molecule has 0 radical (unpaired) electrons. The Morgan fingerprint density at radius 3 is 2.39 bits per heavy atom. The topological polar surface area (TPSA) is 44.5 Å². The van der Waals surface area contributed by atoms with Crippen LogP contribution < -0.4 is 15.2 Å². The third-order valence-electron chi connectivity index (χ3n) is 2.36. The van der Waals surface area contributed by atoms with Gasteiger partial charge in [0.15, 0.2) is 17.3 Å². The summed E-state index contributed by atoms with van der Waals surface area (Å²) in [5.41, 5.74) is 6.03. The van der Waals surface area contributed by atoms with Gasteiger partial charge in [-0.25, -0.2) is 8.78 Å². The largest absolute Gasteiger partial charge is 0.494 e. The highest BCUT2D eigenvalue weighted by molar-refractivity contribution is 5.63. The number of halogens is 2. The van der Waals surface area contributed by atoms with E-state index in [0.29, 0.717) is 5.75 Å². The molecule has 2 aromatic carbocycles. The zero-order valence-corrected chi connectivity index (χ0v) is 9.61. The van der Waals surface area contributed by atoms with E-state index in [1.807, 2.05) is 0 Å². The number of ether oxygens (including phenoxy) is 2. The molecule has 0 saturated heterocycles. The van der Waals surface area contributed by atoms with Gasteiger partial charge in [-0.3, -0.25) is 0 Å². The lowest BCUT2D eigenvalue weighted by atomic mass is 10.2. The van der Waals surface area contributed by atoms with Crippen molar-refractivity contribution in [2.75, 3.05) is 12.8 Å². The van der Waals surface area contributed by atoms with E-state index in [0.717, 1.165) is 12.1 Å². The van der Waals surface area contributed by atoms with E-state index in [-0.39, 0.29) is 17.2 Å². The summed E-state index contributed by atoms with van der Waals surface area (Å²) in [5, 5.41) is 0. The Bertz CT molecular complexity index is 573. The average Bonchev–Trinajstić information content (AvgIpc) is 2.35. The number of benzene rings is 2. The first kappa shape index (κ1) is 12.2. The van der Waals surface area contributed by atoms with E-state index in [1.54, 1.807) is 18.2 Å². The lowest BCUT2D eigenvalue weighted by Gasteiger charge is -2.11. The van der Waals surface area contributed by atoms with Crippen molar-refractivity contribution in [1.82, 2.24) is 0 Å². The van der Waals surface area contributed by atoms with Crippen LogP contribution in [0.2, 0.25) is 0 Å². The summed E-state index contributed by atoms with van der Waals surface area (Å²) in [6, 6.07) is 7.93. The van der Waals surface area contributed by atoms with Gasteiger partial charge < -0.3 is 15.2 Å². The molecule has 0 bridgehead atoms. The molecule has 0 amide bonds. The maximum absolute atomic E-state index is 13.4. The molecule has 2 aromatic rings. The molecule has 0 saturated carbocycles. The third-order valence-corrected chi connectivity index (χ3v) is 2.36. The quantitative estimate of drug-likeness (QED) is 0.851. The van der Waals surface area contributed by atoms with Crippen LogP contribution in [0.3, 0.4) is 0 Å². The van der Waals surface area contributed by atoms with Gasteiger partial charge in [0.25, 0.3) is 0 Å². The van der Waals surface area contributed by atoms with E-state index >= 15 is 0 Å². The number of para-hydroxylation sites is 1. The first-order valence-electron chi connectivity index (χ1n) is 5.17. The van der Waals surface area contributed by atoms with E-state index in [1.165, 1.54) is 13.2 Å². The summed E-state index contributed by atoms with van der Waals surface area (Å²) in [6.45, 7) is 0. The predicted octanol–water partition coefficient (Wildman–Crippen LogP) is 3.35. The van der Waals surface area contributed by atoms with Gasteiger partial charge in [-0.05, 0) is 24.3 Å². The van der Waals surface area contributed by atoms with Crippen molar-refractivity contribution in [1.29, 1.82) is 0 Å². The van der Waals surface area contributed by atoms with Crippen molar-refractivity contribution in [3.05, 3.63) is 48.0 Å². The summed E-state index contributed by atoms with van der Waals surface area (Å²) in [6.07, 6.45) is 0. The number of hydrogen-bond donors (Lipinski definition) is 1. The molecular formula is C13H11F2NO2. The number of nitrogens with two attached hydrogens (primary N) is 1. The molecule has 18 heavy (non-hydrogen) atoms. The summed E-state index contributed by atoms with van der Waals surface area (Å²) >= 11 is 0. The normalized spacial score (nSPS) is 10.2. The van der Waals surface area contributed by atoms with Crippen molar-refractivity contribution in [3.63, 3.8) is 0 Å². The van der Waals surface area contributed by atoms with Crippen molar-refractivity contribution >= 4 is 5.69 Å². The minimum absolute atomic E-state index is 0.101. The minimum Gasteiger partial charge on any atom is -0.494 e. The lowest BCUT2D eigenvalue weighted by Crippen LogP contribution is -1.97. The number of anilines is 1. The van der Waals surface area contributed by atoms with Gasteiger partial charge in [0.05, 0.1) is 7.11 Å². The summed E-state index contributed by atoms with van der Waals surface area (Å²) in [5.74, 6) is -0.887. The summed E-state index contributed by atoms with van der Waals surface area (Å²) in [4.78, 5) is 0. The summed E-state index contributed by atoms with van der Waals surface area (Å²) in [7, 11) is 1.47. The van der Waals surface area contributed by atoms with Gasteiger partial charge in [0.2, 0.25) is 0 Å². The standard InChI is InChI=1S/C13H11F2NO2/c1-17-11-3-2-4-12(13(11)16)18-10-6-5-8(14)7-9(10)15/h2-7H,16H2,1H3. The zero-order valence-electron chi connectivity index (χ0n) is 9.61. The zero-order chi connectivity index (χ0) is 13.1. The average molecular weight is 251 g/mol. The van der Waals surface area contributed by atoms with Gasteiger partial charge in [-0.2, -0.15) is 0 Å². The van der Waals surface area contributed by atoms with Crippen LogP contribution >= 0.6 is 0 Å². The van der Waals surface area contributed by atoms with Crippen LogP contribution in [0.5, 0.6) is 17.2 Å². The second kappa shape index (κ2) is 4.91. The van der Waals surface area contributed by atoms with E-state index in [2.05, 4.69) is 0 Å². The fourth-order valence-electron chi connectivity index (χ4n) is 1.47. The molecular weight excluding hydrogens is 240 g/mol. The third kappa shape index (κ3) is 2.34. The van der Waals surface area contributed by atoms with Crippen molar-refractivity contribution in [2.45, 2.75) is 0 Å². The molecule has 0 spiro atoms. The van der Waals surface area contributed by atoms with Crippen LogP contribution in [0.25, 0.3) is 0 Å². The Hall–Kier alpha value is -2.30. The molecule has 0 unspecified atom stereocenters. The van der Waals surface area contributed by atoms with Crippen LogP contribution in [0.4, 0.5) is 14.5 Å². The van der Waals surface area contributed by atoms with Gasteiger partial charge in [0.1, 0.15) is 17.3 Å². The van der Waals surface area contributed by atoms with Crippen LogP contribution in [-0.4, -0.2) is 7.11 Å². The number of hydrogen-bond acceptors (Lipinski definition) is 3. The number of rotatable bonds is 3. The van der Waals surface area contributed by atoms with E-state index in [9.17, 15) is 8.78 Å². The highest BCUT2D eigenvalue weighted by atomic mass is 19.1. The molecule has 0 aliphatic rings. The molecule has 0 heterocycles. The molecule has 5 heteroatoms. The molecule has 2 rings (SSSR count). The fraction of sp³-hybridized carbons (Fsp3) is 0.0769. The van der Waals surface area contributed by atoms with Crippen molar-refractivity contribution < 1.29 is 18.3 Å². The van der Waals surface area contributed by atoms with Crippen LogP contribution in [0.15, 0.2) is 36.4 Å². The second-order valence-electron chi connectivity index (χ2n) is 3.55. The molecule has 0 fully saturated rings. The number of methoxy groups -OCH3 is 1. The van der Waals surface area contributed by atoms with Gasteiger partial charge in [0, 0.05) is 6.07 Å². The van der Waals surface area contributed by atoms with E-state index < -0.39 is 11.6 Å². The molecule has 2 N–H and O–H groups in total. The second-order valence-corrected chi connectivity index (χ2v) is 3.55. The Morgan fingerprint density at radius 1 is 1.00 bits per heavy atom. The SMILES string of the molecule is COc1cccc(Oc2ccc(F)cc2F)c1N. The van der Waals surface area contributed by atoms with Gasteiger partial charge >= 0.3 is 0 Å². The first-order chi connectivity index (χ1) is 8.61. The Kier molecular flexibility index (Phi) is 3.32. The Balaban J connectivity index is 2.34. The smallest absolute Gasteiger partial charge is 0.168 e. The molecule has 0 atom stereocenters. The highest BCUT2D eigenvalue weighted by Crippen LogP contribution is 2.35. The minimum atomic E-state index is -0.794. The predicted molar refractivity (Wildman–Crippen MR) is 63.8 cm³/mol. The monoisotopic (exact) mass is 251 g/mol.